The molecule has 0 saturated heterocycles. The third-order valence-electron chi connectivity index (χ3n) is 5.00. The third kappa shape index (κ3) is 6.24. The first kappa shape index (κ1) is 20.7. The van der Waals surface area contributed by atoms with Crippen molar-refractivity contribution in [3.05, 3.63) is 60.2 Å². The molecule has 2 atom stereocenters. The second kappa shape index (κ2) is 9.96. The van der Waals surface area contributed by atoms with Gasteiger partial charge in [-0.3, -0.25) is 4.79 Å². The lowest BCUT2D eigenvalue weighted by Crippen LogP contribution is -2.40. The maximum absolute atomic E-state index is 12.5. The number of nitrogens with one attached hydrogen (secondary N) is 1. The highest BCUT2D eigenvalue weighted by atomic mass is 16.5. The molecule has 1 aliphatic carbocycles. The van der Waals surface area contributed by atoms with Crippen LogP contribution in [0.3, 0.4) is 0 Å². The van der Waals surface area contributed by atoms with E-state index in [9.17, 15) is 14.7 Å². The Labute approximate surface area is 170 Å². The molecule has 2 aromatic rings. The molecule has 3 rings (SSSR count). The first-order chi connectivity index (χ1) is 14.0. The van der Waals surface area contributed by atoms with Crippen molar-refractivity contribution in [2.75, 3.05) is 0 Å². The molecule has 0 radical (unpaired) electrons. The topological polar surface area (TPSA) is 87.7 Å². The Balaban J connectivity index is 1.63. The van der Waals surface area contributed by atoms with Gasteiger partial charge in [-0.2, -0.15) is 0 Å². The summed E-state index contributed by atoms with van der Waals surface area (Å²) >= 11 is 0. The van der Waals surface area contributed by atoms with E-state index >= 15 is 0 Å². The molecule has 29 heavy (non-hydrogen) atoms. The Morgan fingerprint density at radius 1 is 1.03 bits per heavy atom. The number of benzene rings is 2. The number of amides is 1. The van der Waals surface area contributed by atoms with Gasteiger partial charge in [0.1, 0.15) is 11.5 Å². The van der Waals surface area contributed by atoms with Crippen molar-refractivity contribution < 1.29 is 24.2 Å². The van der Waals surface area contributed by atoms with Crippen LogP contribution in [-0.2, 0) is 9.59 Å². The van der Waals surface area contributed by atoms with E-state index < -0.39 is 24.0 Å². The summed E-state index contributed by atoms with van der Waals surface area (Å²) in [5.41, 5.74) is 0.674. The average molecular weight is 396 g/mol. The molecule has 1 amide bonds. The van der Waals surface area contributed by atoms with Crippen LogP contribution in [0.1, 0.15) is 50.6 Å². The van der Waals surface area contributed by atoms with Crippen LogP contribution in [0.15, 0.2) is 54.6 Å². The fourth-order valence-electron chi connectivity index (χ4n) is 3.44. The summed E-state index contributed by atoms with van der Waals surface area (Å²) < 4.78 is 11.6. The minimum atomic E-state index is -1.24. The highest BCUT2D eigenvalue weighted by Crippen LogP contribution is 2.26. The van der Waals surface area contributed by atoms with Gasteiger partial charge in [-0.05, 0) is 62.4 Å². The Kier molecular flexibility index (Phi) is 7.11. The monoisotopic (exact) mass is 396 g/mol. The molecular weight excluding hydrogens is 370 g/mol. The van der Waals surface area contributed by atoms with Gasteiger partial charge < -0.3 is 24.7 Å². The lowest BCUT2D eigenvalue weighted by molar-refractivity contribution is -0.306. The van der Waals surface area contributed by atoms with Gasteiger partial charge in [-0.15, -0.1) is 0 Å². The predicted octanol–water partition coefficient (Wildman–Crippen LogP) is 2.77. The first-order valence-corrected chi connectivity index (χ1v) is 10.00. The maximum Gasteiger partial charge on any atom is 0.261 e. The molecule has 154 valence electrons. The van der Waals surface area contributed by atoms with Crippen LogP contribution in [0, 0.1) is 0 Å². The molecule has 1 fully saturated rings. The number of carbonyl (C=O) groups is 2. The smallest absolute Gasteiger partial charge is 0.261 e. The summed E-state index contributed by atoms with van der Waals surface area (Å²) in [5, 5.41) is 14.0. The number of ether oxygens (including phenoxy) is 2. The zero-order valence-corrected chi connectivity index (χ0v) is 16.5. The van der Waals surface area contributed by atoms with Crippen LogP contribution in [0.4, 0.5) is 0 Å². The number of carbonyl (C=O) groups excluding carboxylic acids is 2. The van der Waals surface area contributed by atoms with Crippen LogP contribution in [0.5, 0.6) is 11.5 Å². The maximum atomic E-state index is 12.5. The van der Waals surface area contributed by atoms with Gasteiger partial charge in [0.25, 0.3) is 5.91 Å². The Hall–Kier alpha value is -3.02. The molecule has 1 saturated carbocycles. The quantitative estimate of drug-likeness (QED) is 0.704. The SMILES string of the molecule is C[C@H](Oc1ccccc1)C(=O)N[C@@H](CC(=O)[O-])c1ccc(OC2CCCC2)cc1. The van der Waals surface area contributed by atoms with Gasteiger partial charge >= 0.3 is 0 Å². The Morgan fingerprint density at radius 2 is 1.69 bits per heavy atom. The zero-order valence-electron chi connectivity index (χ0n) is 16.5. The predicted molar refractivity (Wildman–Crippen MR) is 106 cm³/mol. The number of carboxylic acids is 1. The average Bonchev–Trinajstić information content (AvgIpc) is 3.21. The van der Waals surface area contributed by atoms with E-state index in [1.807, 2.05) is 30.3 Å². The Morgan fingerprint density at radius 3 is 2.31 bits per heavy atom. The molecule has 1 N–H and O–H groups in total. The molecule has 0 aliphatic heterocycles. The van der Waals surface area contributed by atoms with Gasteiger partial charge in [0.15, 0.2) is 6.10 Å². The number of hydrogen-bond acceptors (Lipinski definition) is 5. The first-order valence-electron chi connectivity index (χ1n) is 10.00. The lowest BCUT2D eigenvalue weighted by Gasteiger charge is -2.23. The summed E-state index contributed by atoms with van der Waals surface area (Å²) in [4.78, 5) is 23.7. The zero-order chi connectivity index (χ0) is 20.6. The van der Waals surface area contributed by atoms with Gasteiger partial charge in [0, 0.05) is 12.4 Å². The fourth-order valence-corrected chi connectivity index (χ4v) is 3.44. The minimum Gasteiger partial charge on any atom is -0.550 e. The van der Waals surface area contributed by atoms with Crippen molar-refractivity contribution in [3.8, 4) is 11.5 Å². The minimum absolute atomic E-state index is 0.246. The van der Waals surface area contributed by atoms with Crippen LogP contribution < -0.4 is 19.9 Å². The fraction of sp³-hybridized carbons (Fsp3) is 0.391. The third-order valence-corrected chi connectivity index (χ3v) is 5.00. The normalized spacial score (nSPS) is 16.0. The van der Waals surface area contributed by atoms with Crippen LogP contribution >= 0.6 is 0 Å². The van der Waals surface area contributed by atoms with E-state index in [1.165, 1.54) is 12.8 Å². The van der Waals surface area contributed by atoms with Gasteiger partial charge in [0.2, 0.25) is 0 Å². The standard InChI is InChI=1S/C23H27NO5/c1-16(28-18-7-3-2-4-8-18)23(27)24-21(15-22(25)26)17-11-13-20(14-12-17)29-19-9-5-6-10-19/h2-4,7-8,11-14,16,19,21H,5-6,9-10,15H2,1H3,(H,24,27)(H,25,26)/p-1/t16-,21-/m0/s1. The molecule has 6 nitrogen and oxygen atoms in total. The molecule has 0 aromatic heterocycles. The molecule has 1 aliphatic rings. The Bertz CT molecular complexity index is 800. The van der Waals surface area contributed by atoms with Crippen molar-refractivity contribution in [2.45, 2.75) is 57.3 Å². The van der Waals surface area contributed by atoms with Crippen LogP contribution in [0.25, 0.3) is 0 Å². The van der Waals surface area contributed by atoms with E-state index in [0.717, 1.165) is 18.6 Å². The molecule has 0 heterocycles. The molecule has 6 heteroatoms. The highest BCUT2D eigenvalue weighted by Gasteiger charge is 2.21. The van der Waals surface area contributed by atoms with E-state index in [2.05, 4.69) is 5.32 Å². The van der Waals surface area contributed by atoms with E-state index in [-0.39, 0.29) is 12.5 Å². The molecule has 0 bridgehead atoms. The van der Waals surface area contributed by atoms with Crippen LogP contribution in [-0.4, -0.2) is 24.1 Å². The summed E-state index contributed by atoms with van der Waals surface area (Å²) in [6.07, 6.45) is 3.64. The number of aliphatic carboxylic acids is 1. The molecular formula is C23H26NO5-. The van der Waals surface area contributed by atoms with Crippen molar-refractivity contribution in [1.82, 2.24) is 5.32 Å². The number of hydrogen-bond donors (Lipinski definition) is 1. The summed E-state index contributed by atoms with van der Waals surface area (Å²) in [7, 11) is 0. The molecule has 0 unspecified atom stereocenters. The number of carboxylic acid groups (broad SMARTS) is 1. The summed E-state index contributed by atoms with van der Waals surface area (Å²) in [6, 6.07) is 15.5. The summed E-state index contributed by atoms with van der Waals surface area (Å²) in [5.74, 6) is -0.315. The van der Waals surface area contributed by atoms with Gasteiger partial charge in [-0.1, -0.05) is 30.3 Å². The molecule has 2 aromatic carbocycles. The molecule has 0 spiro atoms. The second-order valence-corrected chi connectivity index (χ2v) is 7.30. The van der Waals surface area contributed by atoms with Crippen molar-refractivity contribution in [3.63, 3.8) is 0 Å². The second-order valence-electron chi connectivity index (χ2n) is 7.30. The van der Waals surface area contributed by atoms with Crippen molar-refractivity contribution >= 4 is 11.9 Å². The van der Waals surface area contributed by atoms with E-state index in [1.54, 1.807) is 31.2 Å². The lowest BCUT2D eigenvalue weighted by atomic mass is 10.0. The van der Waals surface area contributed by atoms with E-state index in [0.29, 0.717) is 11.3 Å². The van der Waals surface area contributed by atoms with Crippen LogP contribution in [0.2, 0.25) is 0 Å². The van der Waals surface area contributed by atoms with Crippen molar-refractivity contribution in [2.24, 2.45) is 0 Å². The van der Waals surface area contributed by atoms with Gasteiger partial charge in [-0.25, -0.2) is 0 Å². The van der Waals surface area contributed by atoms with Crippen molar-refractivity contribution in [1.29, 1.82) is 0 Å². The summed E-state index contributed by atoms with van der Waals surface area (Å²) in [6.45, 7) is 1.62. The van der Waals surface area contributed by atoms with E-state index in [4.69, 9.17) is 9.47 Å². The van der Waals surface area contributed by atoms with Gasteiger partial charge in [0.05, 0.1) is 12.1 Å². The number of rotatable bonds is 9. The highest BCUT2D eigenvalue weighted by molar-refractivity contribution is 5.81. The largest absolute Gasteiger partial charge is 0.550 e. The number of para-hydroxylation sites is 1.